The molecule has 1 saturated carbocycles. The molecule has 7 heteroatoms. The van der Waals surface area contributed by atoms with Crippen LogP contribution in [-0.2, 0) is 16.6 Å². The largest absolute Gasteiger partial charge is 0.326 e. The summed E-state index contributed by atoms with van der Waals surface area (Å²) in [7, 11) is -3.60. The van der Waals surface area contributed by atoms with Crippen molar-refractivity contribution in [1.82, 2.24) is 4.72 Å². The topological polar surface area (TPSA) is 72.2 Å². The second-order valence-electron chi connectivity index (χ2n) is 4.67. The van der Waals surface area contributed by atoms with E-state index in [1.54, 1.807) is 0 Å². The van der Waals surface area contributed by atoms with Crippen LogP contribution in [0.4, 0.5) is 0 Å². The fourth-order valence-corrected chi connectivity index (χ4v) is 3.83. The molecule has 106 valence electrons. The molecule has 3 N–H and O–H groups in total. The van der Waals surface area contributed by atoms with Crippen molar-refractivity contribution >= 4 is 33.2 Å². The van der Waals surface area contributed by atoms with E-state index in [0.29, 0.717) is 23.0 Å². The van der Waals surface area contributed by atoms with Gasteiger partial charge in [0.25, 0.3) is 0 Å². The van der Waals surface area contributed by atoms with E-state index in [1.807, 2.05) is 0 Å². The SMILES string of the molecule is NCc1c(Cl)ccc(S(=O)(=O)NCCC2CC2)c1Cl. The molecule has 0 radical (unpaired) electrons. The molecule has 1 fully saturated rings. The zero-order chi connectivity index (χ0) is 14.0. The van der Waals surface area contributed by atoms with E-state index in [4.69, 9.17) is 28.9 Å². The van der Waals surface area contributed by atoms with E-state index in [2.05, 4.69) is 4.72 Å². The summed E-state index contributed by atoms with van der Waals surface area (Å²) in [5, 5.41) is 0.485. The maximum absolute atomic E-state index is 12.2. The Balaban J connectivity index is 2.18. The van der Waals surface area contributed by atoms with Crippen LogP contribution in [0.25, 0.3) is 0 Å². The first-order chi connectivity index (χ1) is 8.95. The van der Waals surface area contributed by atoms with Crippen molar-refractivity contribution in [3.05, 3.63) is 27.7 Å². The van der Waals surface area contributed by atoms with E-state index in [1.165, 1.54) is 25.0 Å². The molecule has 1 aliphatic rings. The minimum Gasteiger partial charge on any atom is -0.326 e. The van der Waals surface area contributed by atoms with Gasteiger partial charge < -0.3 is 5.73 Å². The van der Waals surface area contributed by atoms with Crippen molar-refractivity contribution in [2.75, 3.05) is 6.54 Å². The predicted octanol–water partition coefficient (Wildman–Crippen LogP) is 2.53. The van der Waals surface area contributed by atoms with Gasteiger partial charge in [0.2, 0.25) is 10.0 Å². The van der Waals surface area contributed by atoms with Gasteiger partial charge in [-0.05, 0) is 24.5 Å². The molecule has 0 bridgehead atoms. The number of benzene rings is 1. The third-order valence-electron chi connectivity index (χ3n) is 3.19. The van der Waals surface area contributed by atoms with Gasteiger partial charge in [0.05, 0.1) is 5.02 Å². The van der Waals surface area contributed by atoms with Crippen LogP contribution in [0.2, 0.25) is 10.0 Å². The normalized spacial score (nSPS) is 15.7. The summed E-state index contributed by atoms with van der Waals surface area (Å²) < 4.78 is 26.9. The van der Waals surface area contributed by atoms with E-state index < -0.39 is 10.0 Å². The first-order valence-electron chi connectivity index (χ1n) is 6.12. The van der Waals surface area contributed by atoms with Crippen LogP contribution in [0, 0.1) is 5.92 Å². The molecule has 19 heavy (non-hydrogen) atoms. The maximum atomic E-state index is 12.2. The zero-order valence-electron chi connectivity index (χ0n) is 10.3. The van der Waals surface area contributed by atoms with Gasteiger partial charge in [0.1, 0.15) is 4.90 Å². The molecule has 0 unspecified atom stereocenters. The Morgan fingerprint density at radius 2 is 2.00 bits per heavy atom. The number of nitrogens with two attached hydrogens (primary N) is 1. The van der Waals surface area contributed by atoms with Gasteiger partial charge in [-0.3, -0.25) is 0 Å². The number of hydrogen-bond donors (Lipinski definition) is 2. The summed E-state index contributed by atoms with van der Waals surface area (Å²) in [6.45, 7) is 0.535. The molecule has 0 saturated heterocycles. The molecule has 1 aromatic rings. The Morgan fingerprint density at radius 1 is 1.32 bits per heavy atom. The van der Waals surface area contributed by atoms with E-state index in [9.17, 15) is 8.42 Å². The van der Waals surface area contributed by atoms with Crippen molar-refractivity contribution < 1.29 is 8.42 Å². The van der Waals surface area contributed by atoms with Gasteiger partial charge in [0.15, 0.2) is 0 Å². The first kappa shape index (κ1) is 15.1. The molecule has 0 aromatic heterocycles. The molecular weight excluding hydrogens is 307 g/mol. The Kier molecular flexibility index (Phi) is 4.74. The van der Waals surface area contributed by atoms with Gasteiger partial charge in [-0.25, -0.2) is 13.1 Å². The molecule has 0 heterocycles. The number of nitrogens with one attached hydrogen (secondary N) is 1. The lowest BCUT2D eigenvalue weighted by atomic mass is 10.2. The predicted molar refractivity (Wildman–Crippen MR) is 76.9 cm³/mol. The monoisotopic (exact) mass is 322 g/mol. The Labute approximate surface area is 123 Å². The summed E-state index contributed by atoms with van der Waals surface area (Å²) >= 11 is 12.0. The van der Waals surface area contributed by atoms with Crippen LogP contribution < -0.4 is 10.5 Å². The van der Waals surface area contributed by atoms with Crippen molar-refractivity contribution in [2.24, 2.45) is 11.7 Å². The second-order valence-corrected chi connectivity index (χ2v) is 7.19. The molecule has 0 spiro atoms. The van der Waals surface area contributed by atoms with Gasteiger partial charge in [-0.1, -0.05) is 36.0 Å². The van der Waals surface area contributed by atoms with E-state index >= 15 is 0 Å². The van der Waals surface area contributed by atoms with Crippen LogP contribution in [0.1, 0.15) is 24.8 Å². The first-order valence-corrected chi connectivity index (χ1v) is 8.36. The van der Waals surface area contributed by atoms with Crippen LogP contribution in [0.5, 0.6) is 0 Å². The minimum absolute atomic E-state index is 0.0369. The molecule has 0 amide bonds. The van der Waals surface area contributed by atoms with Crippen LogP contribution in [0.3, 0.4) is 0 Å². The molecule has 4 nitrogen and oxygen atoms in total. The lowest BCUT2D eigenvalue weighted by Gasteiger charge is -2.11. The summed E-state index contributed by atoms with van der Waals surface area (Å²) in [4.78, 5) is 0.0369. The van der Waals surface area contributed by atoms with Gasteiger partial charge >= 0.3 is 0 Å². The smallest absolute Gasteiger partial charge is 0.242 e. The number of hydrogen-bond acceptors (Lipinski definition) is 3. The highest BCUT2D eigenvalue weighted by atomic mass is 35.5. The highest BCUT2D eigenvalue weighted by Gasteiger charge is 2.24. The molecule has 1 aromatic carbocycles. The maximum Gasteiger partial charge on any atom is 0.242 e. The quantitative estimate of drug-likeness (QED) is 0.845. The Morgan fingerprint density at radius 3 is 2.58 bits per heavy atom. The fourth-order valence-electron chi connectivity index (χ4n) is 1.85. The third kappa shape index (κ3) is 3.61. The van der Waals surface area contributed by atoms with Crippen LogP contribution in [0.15, 0.2) is 17.0 Å². The zero-order valence-corrected chi connectivity index (χ0v) is 12.7. The number of rotatable bonds is 6. The second kappa shape index (κ2) is 5.97. The molecular formula is C12H16Cl2N2O2S. The van der Waals surface area contributed by atoms with Crippen LogP contribution >= 0.6 is 23.2 Å². The molecule has 0 atom stereocenters. The summed E-state index contributed by atoms with van der Waals surface area (Å²) in [5.41, 5.74) is 5.98. The average Bonchev–Trinajstić information content (AvgIpc) is 3.13. The van der Waals surface area contributed by atoms with E-state index in [-0.39, 0.29) is 16.5 Å². The fraction of sp³-hybridized carbons (Fsp3) is 0.500. The van der Waals surface area contributed by atoms with Crippen molar-refractivity contribution in [3.63, 3.8) is 0 Å². The van der Waals surface area contributed by atoms with Crippen molar-refractivity contribution in [3.8, 4) is 0 Å². The molecule has 1 aliphatic carbocycles. The number of sulfonamides is 1. The highest BCUT2D eigenvalue weighted by molar-refractivity contribution is 7.89. The summed E-state index contributed by atoms with van der Waals surface area (Å²) in [5.74, 6) is 0.669. The standard InChI is InChI=1S/C12H16Cl2N2O2S/c13-10-3-4-11(12(14)9(10)7-15)19(17,18)16-6-5-8-1-2-8/h3-4,8,16H,1-2,5-7,15H2. The number of halogens is 2. The lowest BCUT2D eigenvalue weighted by molar-refractivity contribution is 0.575. The van der Waals surface area contributed by atoms with Gasteiger partial charge in [0, 0.05) is 23.7 Å². The van der Waals surface area contributed by atoms with Crippen molar-refractivity contribution in [1.29, 1.82) is 0 Å². The molecule has 0 aliphatic heterocycles. The third-order valence-corrected chi connectivity index (χ3v) is 5.59. The minimum atomic E-state index is -3.60. The van der Waals surface area contributed by atoms with Crippen molar-refractivity contribution in [2.45, 2.75) is 30.7 Å². The summed E-state index contributed by atoms with van der Waals surface area (Å²) in [6, 6.07) is 2.91. The van der Waals surface area contributed by atoms with Crippen LogP contribution in [-0.4, -0.2) is 15.0 Å². The van der Waals surface area contributed by atoms with Gasteiger partial charge in [-0.2, -0.15) is 0 Å². The average molecular weight is 323 g/mol. The van der Waals surface area contributed by atoms with Gasteiger partial charge in [-0.15, -0.1) is 0 Å². The Hall–Kier alpha value is -0.330. The van der Waals surface area contributed by atoms with E-state index in [0.717, 1.165) is 6.42 Å². The molecule has 2 rings (SSSR count). The Bertz CT molecular complexity index is 571. The summed E-state index contributed by atoms with van der Waals surface area (Å²) in [6.07, 6.45) is 3.26. The lowest BCUT2D eigenvalue weighted by Crippen LogP contribution is -2.25. The highest BCUT2D eigenvalue weighted by Crippen LogP contribution is 2.33.